The topological polar surface area (TPSA) is 50.4 Å². The van der Waals surface area contributed by atoms with Crippen molar-refractivity contribution in [2.45, 2.75) is 18.6 Å². The van der Waals surface area contributed by atoms with Crippen LogP contribution in [0.2, 0.25) is 0 Å². The van der Waals surface area contributed by atoms with Crippen LogP contribution in [0.3, 0.4) is 0 Å². The van der Waals surface area contributed by atoms with Crippen LogP contribution in [-0.2, 0) is 16.0 Å². The monoisotopic (exact) mass is 270 g/mol. The van der Waals surface area contributed by atoms with Gasteiger partial charge in [0.05, 0.1) is 18.6 Å². The summed E-state index contributed by atoms with van der Waals surface area (Å²) in [5.74, 6) is -2.26. The number of benzene rings is 1. The van der Waals surface area contributed by atoms with Gasteiger partial charge in [-0.3, -0.25) is 4.79 Å². The Morgan fingerprint density at radius 3 is 3.00 bits per heavy atom. The van der Waals surface area contributed by atoms with Gasteiger partial charge in [-0.25, -0.2) is 8.78 Å². The molecule has 1 amide bonds. The SMILES string of the molecule is CO[C@H]1CNC[C@@H]1NC(=O)Cc1cccc(F)c1F. The van der Waals surface area contributed by atoms with Crippen molar-refractivity contribution in [2.24, 2.45) is 0 Å². The minimum Gasteiger partial charge on any atom is -0.378 e. The molecule has 1 aromatic rings. The summed E-state index contributed by atoms with van der Waals surface area (Å²) in [6.07, 6.45) is -0.280. The molecule has 2 N–H and O–H groups in total. The maximum Gasteiger partial charge on any atom is 0.224 e. The first kappa shape index (κ1) is 13.9. The molecule has 2 atom stereocenters. The molecule has 0 aromatic heterocycles. The van der Waals surface area contributed by atoms with Gasteiger partial charge in [0.2, 0.25) is 5.91 Å². The summed E-state index contributed by atoms with van der Waals surface area (Å²) in [6, 6.07) is 3.67. The molecule has 1 fully saturated rings. The highest BCUT2D eigenvalue weighted by atomic mass is 19.2. The van der Waals surface area contributed by atoms with E-state index in [0.717, 1.165) is 6.07 Å². The lowest BCUT2D eigenvalue weighted by Gasteiger charge is -2.18. The zero-order chi connectivity index (χ0) is 13.8. The minimum atomic E-state index is -0.967. The summed E-state index contributed by atoms with van der Waals surface area (Å²) in [6.45, 7) is 1.27. The molecule has 0 aliphatic carbocycles. The zero-order valence-electron chi connectivity index (χ0n) is 10.6. The Morgan fingerprint density at radius 1 is 1.47 bits per heavy atom. The predicted molar refractivity (Wildman–Crippen MR) is 65.7 cm³/mol. The van der Waals surface area contributed by atoms with Crippen LogP contribution in [0.25, 0.3) is 0 Å². The third-order valence-corrected chi connectivity index (χ3v) is 3.19. The quantitative estimate of drug-likeness (QED) is 0.843. The zero-order valence-corrected chi connectivity index (χ0v) is 10.6. The Morgan fingerprint density at radius 2 is 2.26 bits per heavy atom. The Hall–Kier alpha value is -1.53. The first-order chi connectivity index (χ1) is 9.11. The van der Waals surface area contributed by atoms with E-state index in [1.165, 1.54) is 12.1 Å². The predicted octanol–water partition coefficient (Wildman–Crippen LogP) is 0.610. The number of nitrogens with one attached hydrogen (secondary N) is 2. The summed E-state index contributed by atoms with van der Waals surface area (Å²) in [4.78, 5) is 11.8. The van der Waals surface area contributed by atoms with Crippen molar-refractivity contribution in [1.29, 1.82) is 0 Å². The third kappa shape index (κ3) is 3.27. The maximum absolute atomic E-state index is 13.4. The second-order valence-corrected chi connectivity index (χ2v) is 4.50. The largest absolute Gasteiger partial charge is 0.378 e. The van der Waals surface area contributed by atoms with Crippen LogP contribution in [0.5, 0.6) is 0 Å². The smallest absolute Gasteiger partial charge is 0.224 e. The van der Waals surface area contributed by atoms with Crippen molar-refractivity contribution in [3.8, 4) is 0 Å². The van der Waals surface area contributed by atoms with Crippen LogP contribution in [0.15, 0.2) is 18.2 Å². The second-order valence-electron chi connectivity index (χ2n) is 4.50. The fourth-order valence-corrected chi connectivity index (χ4v) is 2.16. The number of amides is 1. The Balaban J connectivity index is 1.96. The first-order valence-corrected chi connectivity index (χ1v) is 6.07. The first-order valence-electron chi connectivity index (χ1n) is 6.07. The average Bonchev–Trinajstić information content (AvgIpc) is 2.82. The van der Waals surface area contributed by atoms with Crippen LogP contribution < -0.4 is 10.6 Å². The van der Waals surface area contributed by atoms with Gasteiger partial charge in [0, 0.05) is 25.8 Å². The molecule has 1 aromatic carbocycles. The number of ether oxygens (including phenoxy) is 1. The van der Waals surface area contributed by atoms with E-state index in [0.29, 0.717) is 13.1 Å². The van der Waals surface area contributed by atoms with Crippen molar-refractivity contribution in [3.63, 3.8) is 0 Å². The average molecular weight is 270 g/mol. The number of carbonyl (C=O) groups excluding carboxylic acids is 1. The molecule has 1 heterocycles. The lowest BCUT2D eigenvalue weighted by molar-refractivity contribution is -0.121. The van der Waals surface area contributed by atoms with Gasteiger partial charge in [0.15, 0.2) is 11.6 Å². The van der Waals surface area contributed by atoms with Crippen LogP contribution in [0.4, 0.5) is 8.78 Å². The van der Waals surface area contributed by atoms with Gasteiger partial charge >= 0.3 is 0 Å². The number of carbonyl (C=O) groups is 1. The van der Waals surface area contributed by atoms with Crippen molar-refractivity contribution in [2.75, 3.05) is 20.2 Å². The molecule has 104 valence electrons. The van der Waals surface area contributed by atoms with E-state index in [-0.39, 0.29) is 30.0 Å². The van der Waals surface area contributed by atoms with E-state index < -0.39 is 11.6 Å². The highest BCUT2D eigenvalue weighted by Crippen LogP contribution is 2.12. The number of hydrogen-bond acceptors (Lipinski definition) is 3. The molecule has 0 bridgehead atoms. The lowest BCUT2D eigenvalue weighted by Crippen LogP contribution is -2.44. The molecule has 4 nitrogen and oxygen atoms in total. The highest BCUT2D eigenvalue weighted by molar-refractivity contribution is 5.79. The van der Waals surface area contributed by atoms with Crippen molar-refractivity contribution < 1.29 is 18.3 Å². The van der Waals surface area contributed by atoms with Gasteiger partial charge in [0.1, 0.15) is 0 Å². The summed E-state index contributed by atoms with van der Waals surface area (Å²) in [5, 5.41) is 5.85. The standard InChI is InChI=1S/C13H16F2N2O2/c1-19-11-7-16-6-10(11)17-12(18)5-8-3-2-4-9(14)13(8)15/h2-4,10-11,16H,5-7H2,1H3,(H,17,18)/t10-,11-/m0/s1. The van der Waals surface area contributed by atoms with E-state index in [1.54, 1.807) is 7.11 Å². The minimum absolute atomic E-state index is 0.0532. The van der Waals surface area contributed by atoms with E-state index in [9.17, 15) is 13.6 Å². The molecule has 19 heavy (non-hydrogen) atoms. The number of hydrogen-bond donors (Lipinski definition) is 2. The summed E-state index contributed by atoms with van der Waals surface area (Å²) >= 11 is 0. The normalized spacial score (nSPS) is 22.5. The molecule has 2 rings (SSSR count). The molecule has 1 saturated heterocycles. The highest BCUT2D eigenvalue weighted by Gasteiger charge is 2.28. The fraction of sp³-hybridized carbons (Fsp3) is 0.462. The molecular formula is C13H16F2N2O2. The summed E-state index contributed by atoms with van der Waals surface area (Å²) < 4.78 is 31.6. The third-order valence-electron chi connectivity index (χ3n) is 3.19. The van der Waals surface area contributed by atoms with Gasteiger partial charge in [-0.15, -0.1) is 0 Å². The van der Waals surface area contributed by atoms with E-state index in [1.807, 2.05) is 0 Å². The van der Waals surface area contributed by atoms with Gasteiger partial charge in [-0.2, -0.15) is 0 Å². The Kier molecular flexibility index (Phi) is 4.44. The molecular weight excluding hydrogens is 254 g/mol. The van der Waals surface area contributed by atoms with Crippen molar-refractivity contribution in [3.05, 3.63) is 35.4 Å². The van der Waals surface area contributed by atoms with Crippen molar-refractivity contribution in [1.82, 2.24) is 10.6 Å². The molecule has 0 saturated carbocycles. The molecule has 0 unspecified atom stereocenters. The van der Waals surface area contributed by atoms with Gasteiger partial charge < -0.3 is 15.4 Å². The Labute approximate surface area is 110 Å². The second kappa shape index (κ2) is 6.08. The maximum atomic E-state index is 13.4. The van der Waals surface area contributed by atoms with E-state index >= 15 is 0 Å². The van der Waals surface area contributed by atoms with Crippen LogP contribution in [0.1, 0.15) is 5.56 Å². The van der Waals surface area contributed by atoms with Gasteiger partial charge in [-0.05, 0) is 6.07 Å². The summed E-state index contributed by atoms with van der Waals surface area (Å²) in [7, 11) is 1.57. The van der Waals surface area contributed by atoms with Crippen molar-refractivity contribution >= 4 is 5.91 Å². The number of halogens is 2. The summed E-state index contributed by atoms with van der Waals surface area (Å²) in [5.41, 5.74) is 0.0532. The number of rotatable bonds is 4. The van der Waals surface area contributed by atoms with Crippen LogP contribution >= 0.6 is 0 Å². The van der Waals surface area contributed by atoms with E-state index in [4.69, 9.17) is 4.74 Å². The van der Waals surface area contributed by atoms with Crippen LogP contribution in [0, 0.1) is 11.6 Å². The molecule has 1 aliphatic rings. The van der Waals surface area contributed by atoms with Crippen LogP contribution in [-0.4, -0.2) is 38.3 Å². The molecule has 0 spiro atoms. The Bertz CT molecular complexity index is 468. The van der Waals surface area contributed by atoms with Gasteiger partial charge in [-0.1, -0.05) is 12.1 Å². The fourth-order valence-electron chi connectivity index (χ4n) is 2.16. The lowest BCUT2D eigenvalue weighted by atomic mass is 10.1. The molecule has 0 radical (unpaired) electrons. The van der Waals surface area contributed by atoms with E-state index in [2.05, 4.69) is 10.6 Å². The molecule has 1 aliphatic heterocycles. The van der Waals surface area contributed by atoms with Gasteiger partial charge in [0.25, 0.3) is 0 Å². The molecule has 6 heteroatoms. The number of methoxy groups -OCH3 is 1.